The maximum Gasteiger partial charge on any atom is 0.241 e. The molecular formula is C11H10ClF2NO. The molecule has 1 heterocycles. The van der Waals surface area contributed by atoms with Crippen LogP contribution in [0.2, 0.25) is 0 Å². The van der Waals surface area contributed by atoms with Crippen molar-refractivity contribution in [2.75, 3.05) is 17.3 Å². The topological polar surface area (TPSA) is 20.3 Å². The molecule has 0 radical (unpaired) electrons. The van der Waals surface area contributed by atoms with Gasteiger partial charge in [-0.1, -0.05) is 0 Å². The number of nitrogens with zero attached hydrogens (tertiary/aromatic N) is 1. The predicted octanol–water partition coefficient (Wildman–Crippen LogP) is 2.48. The Hall–Kier alpha value is -1.16. The van der Waals surface area contributed by atoms with Gasteiger partial charge < -0.3 is 4.90 Å². The van der Waals surface area contributed by atoms with Gasteiger partial charge in [0.25, 0.3) is 0 Å². The molecule has 0 saturated carbocycles. The number of carbonyl (C=O) groups excluding carboxylic acids is 1. The maximum atomic E-state index is 13.1. The third kappa shape index (κ3) is 1.89. The summed E-state index contributed by atoms with van der Waals surface area (Å²) in [6.07, 6.45) is 1.39. The molecule has 2 nitrogen and oxygen atoms in total. The Labute approximate surface area is 96.8 Å². The average Bonchev–Trinajstić information content (AvgIpc) is 2.29. The van der Waals surface area contributed by atoms with Gasteiger partial charge in [0.05, 0.1) is 0 Å². The number of benzene rings is 1. The van der Waals surface area contributed by atoms with Gasteiger partial charge in [-0.15, -0.1) is 11.6 Å². The smallest absolute Gasteiger partial charge is 0.241 e. The molecule has 0 atom stereocenters. The van der Waals surface area contributed by atoms with Gasteiger partial charge in [0.15, 0.2) is 11.6 Å². The molecule has 0 saturated heterocycles. The zero-order chi connectivity index (χ0) is 11.7. The monoisotopic (exact) mass is 245 g/mol. The minimum atomic E-state index is -0.937. The zero-order valence-corrected chi connectivity index (χ0v) is 9.23. The van der Waals surface area contributed by atoms with Crippen molar-refractivity contribution in [3.05, 3.63) is 29.3 Å². The lowest BCUT2D eigenvalue weighted by Gasteiger charge is -2.29. The highest BCUT2D eigenvalue weighted by Crippen LogP contribution is 2.29. The van der Waals surface area contributed by atoms with Crippen LogP contribution in [0.1, 0.15) is 12.0 Å². The van der Waals surface area contributed by atoms with Gasteiger partial charge in [-0.3, -0.25) is 4.79 Å². The second kappa shape index (κ2) is 4.37. The fraction of sp³-hybridized carbons (Fsp3) is 0.364. The number of halogens is 3. The van der Waals surface area contributed by atoms with Gasteiger partial charge in [-0.2, -0.15) is 0 Å². The Balaban J connectivity index is 2.45. The molecule has 0 fully saturated rings. The van der Waals surface area contributed by atoms with E-state index in [1.165, 1.54) is 4.90 Å². The first-order chi connectivity index (χ1) is 7.63. The second-order valence-electron chi connectivity index (χ2n) is 3.68. The fourth-order valence-electron chi connectivity index (χ4n) is 1.91. The number of fused-ring (bicyclic) bond motifs is 1. The molecule has 86 valence electrons. The lowest BCUT2D eigenvalue weighted by Crippen LogP contribution is -2.36. The van der Waals surface area contributed by atoms with Crippen molar-refractivity contribution in [3.63, 3.8) is 0 Å². The van der Waals surface area contributed by atoms with Crippen LogP contribution in [0.4, 0.5) is 14.5 Å². The summed E-state index contributed by atoms with van der Waals surface area (Å²) in [7, 11) is 0. The second-order valence-corrected chi connectivity index (χ2v) is 3.94. The Morgan fingerprint density at radius 3 is 2.75 bits per heavy atom. The summed E-state index contributed by atoms with van der Waals surface area (Å²) in [6.45, 7) is 0.504. The molecule has 1 aromatic carbocycles. The molecule has 1 aliphatic heterocycles. The molecule has 0 aromatic heterocycles. The molecule has 0 spiro atoms. The Bertz CT molecular complexity index is 436. The number of amides is 1. The standard InChI is InChI=1S/C11H10ClF2NO/c12-6-11(16)15-3-1-2-7-4-8(13)9(14)5-10(7)15/h4-5H,1-3,6H2. The van der Waals surface area contributed by atoms with Crippen LogP contribution in [0.5, 0.6) is 0 Å². The summed E-state index contributed by atoms with van der Waals surface area (Å²) < 4.78 is 26.1. The van der Waals surface area contributed by atoms with Crippen LogP contribution in [-0.2, 0) is 11.2 Å². The molecule has 0 unspecified atom stereocenters. The van der Waals surface area contributed by atoms with Gasteiger partial charge in [0.1, 0.15) is 5.88 Å². The molecule has 0 bridgehead atoms. The summed E-state index contributed by atoms with van der Waals surface area (Å²) in [5.74, 6) is -2.25. The van der Waals surface area contributed by atoms with Crippen LogP contribution in [-0.4, -0.2) is 18.3 Å². The number of hydrogen-bond acceptors (Lipinski definition) is 1. The van der Waals surface area contributed by atoms with E-state index in [1.807, 2.05) is 0 Å². The zero-order valence-electron chi connectivity index (χ0n) is 8.47. The predicted molar refractivity (Wildman–Crippen MR) is 57.8 cm³/mol. The van der Waals surface area contributed by atoms with Crippen molar-refractivity contribution in [2.45, 2.75) is 12.8 Å². The number of alkyl halides is 1. The molecule has 1 aromatic rings. The number of anilines is 1. The van der Waals surface area contributed by atoms with E-state index in [-0.39, 0.29) is 11.8 Å². The lowest BCUT2D eigenvalue weighted by atomic mass is 10.0. The summed E-state index contributed by atoms with van der Waals surface area (Å²) in [5, 5.41) is 0. The highest BCUT2D eigenvalue weighted by Gasteiger charge is 2.23. The Morgan fingerprint density at radius 1 is 1.38 bits per heavy atom. The summed E-state index contributed by atoms with van der Waals surface area (Å²) in [6, 6.07) is 2.21. The van der Waals surface area contributed by atoms with Crippen molar-refractivity contribution in [1.82, 2.24) is 0 Å². The van der Waals surface area contributed by atoms with E-state index in [0.717, 1.165) is 18.6 Å². The van der Waals surface area contributed by atoms with Crippen molar-refractivity contribution < 1.29 is 13.6 Å². The maximum absolute atomic E-state index is 13.1. The van der Waals surface area contributed by atoms with Crippen LogP contribution in [0.3, 0.4) is 0 Å². The minimum absolute atomic E-state index is 0.154. The normalized spacial score (nSPS) is 14.8. The van der Waals surface area contributed by atoms with Gasteiger partial charge in [0.2, 0.25) is 5.91 Å². The number of rotatable bonds is 1. The van der Waals surface area contributed by atoms with Crippen LogP contribution >= 0.6 is 11.6 Å². The largest absolute Gasteiger partial charge is 0.311 e. The van der Waals surface area contributed by atoms with Crippen molar-refractivity contribution >= 4 is 23.2 Å². The van der Waals surface area contributed by atoms with E-state index in [9.17, 15) is 13.6 Å². The van der Waals surface area contributed by atoms with E-state index in [0.29, 0.717) is 24.2 Å². The average molecular weight is 246 g/mol. The summed E-state index contributed by atoms with van der Waals surface area (Å²) in [4.78, 5) is 12.9. The van der Waals surface area contributed by atoms with E-state index >= 15 is 0 Å². The van der Waals surface area contributed by atoms with Gasteiger partial charge in [-0.25, -0.2) is 8.78 Å². The minimum Gasteiger partial charge on any atom is -0.311 e. The van der Waals surface area contributed by atoms with Crippen LogP contribution in [0, 0.1) is 11.6 Å². The van der Waals surface area contributed by atoms with E-state index in [1.54, 1.807) is 0 Å². The van der Waals surface area contributed by atoms with Gasteiger partial charge in [-0.05, 0) is 24.5 Å². The number of hydrogen-bond donors (Lipinski definition) is 0. The molecule has 16 heavy (non-hydrogen) atoms. The highest BCUT2D eigenvalue weighted by atomic mass is 35.5. The van der Waals surface area contributed by atoms with Crippen molar-refractivity contribution in [2.24, 2.45) is 0 Å². The van der Waals surface area contributed by atoms with Crippen molar-refractivity contribution in [3.8, 4) is 0 Å². The molecule has 1 aliphatic rings. The molecule has 1 amide bonds. The molecular weight excluding hydrogens is 236 g/mol. The molecule has 0 N–H and O–H groups in total. The summed E-state index contributed by atoms with van der Waals surface area (Å²) in [5.41, 5.74) is 1.10. The first-order valence-corrected chi connectivity index (χ1v) is 5.51. The summed E-state index contributed by atoms with van der Waals surface area (Å²) >= 11 is 5.46. The van der Waals surface area contributed by atoms with E-state index in [2.05, 4.69) is 0 Å². The first-order valence-electron chi connectivity index (χ1n) is 4.97. The van der Waals surface area contributed by atoms with Crippen LogP contribution < -0.4 is 4.90 Å². The van der Waals surface area contributed by atoms with Crippen LogP contribution in [0.15, 0.2) is 12.1 Å². The quantitative estimate of drug-likeness (QED) is 0.696. The third-order valence-electron chi connectivity index (χ3n) is 2.66. The molecule has 0 aliphatic carbocycles. The molecule has 5 heteroatoms. The SMILES string of the molecule is O=C(CCl)N1CCCc2cc(F)c(F)cc21. The van der Waals surface area contributed by atoms with E-state index in [4.69, 9.17) is 11.6 Å². The van der Waals surface area contributed by atoms with Gasteiger partial charge >= 0.3 is 0 Å². The van der Waals surface area contributed by atoms with Crippen LogP contribution in [0.25, 0.3) is 0 Å². The number of carbonyl (C=O) groups is 1. The first kappa shape index (κ1) is 11.3. The Morgan fingerprint density at radius 2 is 2.06 bits per heavy atom. The Kier molecular flexibility index (Phi) is 3.10. The third-order valence-corrected chi connectivity index (χ3v) is 2.88. The van der Waals surface area contributed by atoms with Crippen molar-refractivity contribution in [1.29, 1.82) is 0 Å². The fourth-order valence-corrected chi connectivity index (χ4v) is 2.05. The highest BCUT2D eigenvalue weighted by molar-refractivity contribution is 6.29. The molecule has 2 rings (SSSR count). The van der Waals surface area contributed by atoms with Gasteiger partial charge in [0, 0.05) is 18.3 Å². The number of aryl methyl sites for hydroxylation is 1. The van der Waals surface area contributed by atoms with E-state index < -0.39 is 11.6 Å². The lowest BCUT2D eigenvalue weighted by molar-refractivity contribution is -0.116.